The van der Waals surface area contributed by atoms with E-state index in [2.05, 4.69) is 5.10 Å². The number of nitrogen functional groups attached to an aromatic ring is 2. The minimum absolute atomic E-state index is 0.299. The van der Waals surface area contributed by atoms with E-state index in [-0.39, 0.29) is 0 Å². The number of aromatic nitrogens is 2. The van der Waals surface area contributed by atoms with Crippen molar-refractivity contribution in [3.8, 4) is 0 Å². The molecule has 5 nitrogen and oxygen atoms in total. The third kappa shape index (κ3) is 1.12. The molecule has 56 valence electrons. The van der Waals surface area contributed by atoms with Gasteiger partial charge in [0.25, 0.3) is 0 Å². The van der Waals surface area contributed by atoms with E-state index in [4.69, 9.17) is 16.3 Å². The minimum atomic E-state index is 0.299. The maximum atomic E-state index is 5.38. The standard InChI is InChI=1S/C5H10N4O/c1-2-10-9-3-4(6)5(7)8-9/h3H,2,6H2,1H3,(H2,7,8). The van der Waals surface area contributed by atoms with Gasteiger partial charge in [0, 0.05) is 0 Å². The Labute approximate surface area is 58.5 Å². The molecule has 0 unspecified atom stereocenters. The number of anilines is 2. The summed E-state index contributed by atoms with van der Waals surface area (Å²) in [5.41, 5.74) is 11.2. The van der Waals surface area contributed by atoms with Crippen LogP contribution in [0.4, 0.5) is 11.5 Å². The maximum absolute atomic E-state index is 5.38. The number of rotatable bonds is 2. The molecule has 0 saturated heterocycles. The summed E-state index contributed by atoms with van der Waals surface area (Å²) in [4.78, 5) is 6.21. The molecule has 1 heterocycles. The molecule has 0 spiro atoms. The van der Waals surface area contributed by atoms with Crippen molar-refractivity contribution >= 4 is 11.5 Å². The van der Waals surface area contributed by atoms with Crippen LogP contribution < -0.4 is 16.3 Å². The molecule has 0 saturated carbocycles. The molecule has 0 radical (unpaired) electrons. The Morgan fingerprint density at radius 3 is 2.80 bits per heavy atom. The SMILES string of the molecule is CCOn1cc(N)c(N)n1. The lowest BCUT2D eigenvalue weighted by Crippen LogP contribution is -2.10. The molecule has 1 aromatic rings. The molecule has 0 aliphatic carbocycles. The van der Waals surface area contributed by atoms with Crippen molar-refractivity contribution in [3.05, 3.63) is 6.20 Å². The molecule has 0 aromatic carbocycles. The first-order chi connectivity index (χ1) is 4.74. The predicted octanol–water partition coefficient (Wildman–Crippen LogP) is -0.504. The Bertz CT molecular complexity index is 200. The van der Waals surface area contributed by atoms with Gasteiger partial charge in [0.2, 0.25) is 0 Å². The van der Waals surface area contributed by atoms with Gasteiger partial charge in [-0.15, -0.1) is 9.94 Å². The highest BCUT2D eigenvalue weighted by Crippen LogP contribution is 2.08. The topological polar surface area (TPSA) is 79.1 Å². The second-order valence-corrected chi connectivity index (χ2v) is 1.79. The zero-order valence-corrected chi connectivity index (χ0v) is 5.74. The molecule has 0 atom stereocenters. The zero-order chi connectivity index (χ0) is 7.56. The highest BCUT2D eigenvalue weighted by Gasteiger charge is 1.99. The highest BCUT2D eigenvalue weighted by molar-refractivity contribution is 5.55. The molecule has 0 fully saturated rings. The van der Waals surface area contributed by atoms with Crippen LogP contribution in [0.5, 0.6) is 0 Å². The van der Waals surface area contributed by atoms with Gasteiger partial charge in [-0.25, -0.2) is 0 Å². The van der Waals surface area contributed by atoms with E-state index >= 15 is 0 Å². The van der Waals surface area contributed by atoms with Crippen LogP contribution in [-0.2, 0) is 0 Å². The fraction of sp³-hybridized carbons (Fsp3) is 0.400. The van der Waals surface area contributed by atoms with Crippen molar-refractivity contribution in [2.45, 2.75) is 6.92 Å². The van der Waals surface area contributed by atoms with Gasteiger partial charge in [-0.2, -0.15) is 0 Å². The molecular weight excluding hydrogens is 132 g/mol. The van der Waals surface area contributed by atoms with Crippen LogP contribution in [0.3, 0.4) is 0 Å². The lowest BCUT2D eigenvalue weighted by atomic mass is 10.6. The maximum Gasteiger partial charge on any atom is 0.172 e. The first-order valence-electron chi connectivity index (χ1n) is 2.98. The number of hydrogen-bond donors (Lipinski definition) is 2. The van der Waals surface area contributed by atoms with Crippen LogP contribution in [0.1, 0.15) is 6.92 Å². The highest BCUT2D eigenvalue weighted by atomic mass is 16.7. The van der Waals surface area contributed by atoms with Gasteiger partial charge < -0.3 is 16.3 Å². The molecule has 1 aromatic heterocycles. The van der Waals surface area contributed by atoms with Crippen molar-refractivity contribution < 1.29 is 4.84 Å². The fourth-order valence-electron chi connectivity index (χ4n) is 0.576. The summed E-state index contributed by atoms with van der Waals surface area (Å²) < 4.78 is 0. The minimum Gasteiger partial charge on any atom is -0.397 e. The average molecular weight is 142 g/mol. The van der Waals surface area contributed by atoms with Crippen LogP contribution in [0.25, 0.3) is 0 Å². The van der Waals surface area contributed by atoms with Crippen molar-refractivity contribution in [2.75, 3.05) is 18.1 Å². The predicted molar refractivity (Wildman–Crippen MR) is 38.2 cm³/mol. The lowest BCUT2D eigenvalue weighted by molar-refractivity contribution is 0.0936. The van der Waals surface area contributed by atoms with Crippen molar-refractivity contribution in [2.24, 2.45) is 0 Å². The van der Waals surface area contributed by atoms with Crippen LogP contribution in [0, 0.1) is 0 Å². The number of nitrogens with two attached hydrogens (primary N) is 2. The Morgan fingerprint density at radius 1 is 1.70 bits per heavy atom. The van der Waals surface area contributed by atoms with E-state index in [1.807, 2.05) is 6.92 Å². The molecular formula is C5H10N4O. The smallest absolute Gasteiger partial charge is 0.172 e. The van der Waals surface area contributed by atoms with Gasteiger partial charge in [-0.3, -0.25) is 0 Å². The third-order valence-electron chi connectivity index (χ3n) is 1.01. The van der Waals surface area contributed by atoms with Gasteiger partial charge in [-0.05, 0) is 6.92 Å². The van der Waals surface area contributed by atoms with Crippen molar-refractivity contribution in [3.63, 3.8) is 0 Å². The summed E-state index contributed by atoms with van der Waals surface area (Å²) in [5, 5.41) is 3.75. The quantitative estimate of drug-likeness (QED) is 0.583. The van der Waals surface area contributed by atoms with Crippen LogP contribution in [0.2, 0.25) is 0 Å². The Hall–Kier alpha value is -1.39. The second-order valence-electron chi connectivity index (χ2n) is 1.79. The first kappa shape index (κ1) is 6.73. The average Bonchev–Trinajstić information content (AvgIpc) is 2.14. The summed E-state index contributed by atoms with van der Waals surface area (Å²) >= 11 is 0. The van der Waals surface area contributed by atoms with E-state index < -0.39 is 0 Å². The molecule has 0 aliphatic heterocycles. The molecule has 5 heteroatoms. The number of hydrogen-bond acceptors (Lipinski definition) is 4. The lowest BCUT2D eigenvalue weighted by Gasteiger charge is -1.97. The van der Waals surface area contributed by atoms with E-state index in [9.17, 15) is 0 Å². The Kier molecular flexibility index (Phi) is 1.66. The summed E-state index contributed by atoms with van der Waals surface area (Å²) in [6.07, 6.45) is 1.53. The Morgan fingerprint density at radius 2 is 2.40 bits per heavy atom. The second kappa shape index (κ2) is 2.47. The van der Waals surface area contributed by atoms with Crippen LogP contribution in [-0.4, -0.2) is 16.6 Å². The van der Waals surface area contributed by atoms with Gasteiger partial charge in [-0.1, -0.05) is 0 Å². The van der Waals surface area contributed by atoms with Gasteiger partial charge in [0.15, 0.2) is 5.82 Å². The van der Waals surface area contributed by atoms with E-state index in [1.165, 1.54) is 11.0 Å². The number of nitrogens with zero attached hydrogens (tertiary/aromatic N) is 2. The van der Waals surface area contributed by atoms with E-state index in [0.717, 1.165) is 0 Å². The van der Waals surface area contributed by atoms with Gasteiger partial charge >= 0.3 is 0 Å². The molecule has 1 rings (SSSR count). The fourth-order valence-corrected chi connectivity index (χ4v) is 0.576. The van der Waals surface area contributed by atoms with Crippen LogP contribution >= 0.6 is 0 Å². The summed E-state index contributed by atoms with van der Waals surface area (Å²) in [6.45, 7) is 2.40. The van der Waals surface area contributed by atoms with Gasteiger partial charge in [0.05, 0.1) is 11.9 Å². The largest absolute Gasteiger partial charge is 0.397 e. The summed E-state index contributed by atoms with van der Waals surface area (Å²) in [5.74, 6) is 0.299. The molecule has 0 aliphatic rings. The first-order valence-corrected chi connectivity index (χ1v) is 2.98. The Balaban J connectivity index is 2.77. The van der Waals surface area contributed by atoms with E-state index in [1.54, 1.807) is 0 Å². The molecule has 10 heavy (non-hydrogen) atoms. The molecule has 0 bridgehead atoms. The zero-order valence-electron chi connectivity index (χ0n) is 5.74. The third-order valence-corrected chi connectivity index (χ3v) is 1.01. The van der Waals surface area contributed by atoms with Crippen LogP contribution in [0.15, 0.2) is 6.20 Å². The monoisotopic (exact) mass is 142 g/mol. The van der Waals surface area contributed by atoms with Gasteiger partial charge in [0.1, 0.15) is 6.61 Å². The molecule has 4 N–H and O–H groups in total. The van der Waals surface area contributed by atoms with Crippen molar-refractivity contribution in [1.29, 1.82) is 0 Å². The molecule has 0 amide bonds. The normalized spacial score (nSPS) is 9.70. The summed E-state index contributed by atoms with van der Waals surface area (Å²) in [6, 6.07) is 0. The summed E-state index contributed by atoms with van der Waals surface area (Å²) in [7, 11) is 0. The van der Waals surface area contributed by atoms with Crippen molar-refractivity contribution in [1.82, 2.24) is 9.94 Å². The van der Waals surface area contributed by atoms with E-state index in [0.29, 0.717) is 18.1 Å².